The molecule has 126 valence electrons. The van der Waals surface area contributed by atoms with Gasteiger partial charge in [0.25, 0.3) is 0 Å². The minimum absolute atomic E-state index is 0. The lowest BCUT2D eigenvalue weighted by molar-refractivity contribution is -0.114. The zero-order valence-electron chi connectivity index (χ0n) is 14.0. The van der Waals surface area contributed by atoms with Crippen LogP contribution in [0.1, 0.15) is 64.5 Å². The monoisotopic (exact) mass is 313 g/mol. The highest BCUT2D eigenvalue weighted by molar-refractivity contribution is 5.93. The molecule has 2 rings (SSSR count). The van der Waals surface area contributed by atoms with Gasteiger partial charge in [0.2, 0.25) is 0 Å². The predicted molar refractivity (Wildman–Crippen MR) is 99.0 cm³/mol. The summed E-state index contributed by atoms with van der Waals surface area (Å²) in [7, 11) is 0. The number of carbonyl (C=O) groups excluding carboxylic acids is 1. The molecule has 23 heavy (non-hydrogen) atoms. The molecular formula is C21H31NO. The molecule has 0 N–H and O–H groups in total. The zero-order valence-corrected chi connectivity index (χ0v) is 14.0. The van der Waals surface area contributed by atoms with Crippen molar-refractivity contribution in [2.75, 3.05) is 0 Å². The molecule has 2 nitrogen and oxygen atoms in total. The summed E-state index contributed by atoms with van der Waals surface area (Å²) in [6.07, 6.45) is 8.94. The molecule has 1 aliphatic carbocycles. The summed E-state index contributed by atoms with van der Waals surface area (Å²) < 4.78 is 0. The van der Waals surface area contributed by atoms with Crippen molar-refractivity contribution >= 4 is 11.9 Å². The lowest BCUT2D eigenvalue weighted by atomic mass is 9.83. The van der Waals surface area contributed by atoms with Crippen molar-refractivity contribution < 1.29 is 4.79 Å². The molecule has 1 fully saturated rings. The lowest BCUT2D eigenvalue weighted by Gasteiger charge is -2.20. The summed E-state index contributed by atoms with van der Waals surface area (Å²) >= 11 is 0. The molecule has 0 amide bonds. The lowest BCUT2D eigenvalue weighted by Crippen LogP contribution is -2.10. The Bertz CT molecular complexity index is 539. The molecule has 0 heterocycles. The summed E-state index contributed by atoms with van der Waals surface area (Å²) in [5.41, 5.74) is 2.30. The fourth-order valence-electron chi connectivity index (χ4n) is 2.63. The van der Waals surface area contributed by atoms with Crippen molar-refractivity contribution in [3.8, 4) is 6.07 Å². The van der Waals surface area contributed by atoms with Gasteiger partial charge >= 0.3 is 0 Å². The molecule has 1 aliphatic rings. The third-order valence-corrected chi connectivity index (χ3v) is 3.97. The standard InChI is InChI=1S/C12H14O.C8H13N.CH4/c1-3-12(13)8-7-11-6-4-5-10(2)9-11;1-7-3-2-4-8(5-7)6-9;/h4-9H,3H2,1-2H3;7-8H,2-5H2,1H3;1H4/b8-7+;;. The smallest absolute Gasteiger partial charge is 0.155 e. The van der Waals surface area contributed by atoms with Gasteiger partial charge < -0.3 is 0 Å². The van der Waals surface area contributed by atoms with Crippen LogP contribution in [0.4, 0.5) is 0 Å². The summed E-state index contributed by atoms with van der Waals surface area (Å²) in [6, 6.07) is 10.4. The molecule has 1 aromatic rings. The predicted octanol–water partition coefficient (Wildman–Crippen LogP) is 5.96. The van der Waals surface area contributed by atoms with Gasteiger partial charge in [-0.05, 0) is 37.3 Å². The van der Waals surface area contributed by atoms with Crippen LogP contribution in [0.2, 0.25) is 0 Å². The van der Waals surface area contributed by atoms with E-state index in [-0.39, 0.29) is 13.2 Å². The van der Waals surface area contributed by atoms with Gasteiger partial charge in [0, 0.05) is 12.3 Å². The molecule has 1 saturated carbocycles. The fourth-order valence-corrected chi connectivity index (χ4v) is 2.63. The van der Waals surface area contributed by atoms with Crippen molar-refractivity contribution in [1.29, 1.82) is 5.26 Å². The van der Waals surface area contributed by atoms with E-state index in [4.69, 9.17) is 5.26 Å². The van der Waals surface area contributed by atoms with Crippen LogP contribution in [-0.4, -0.2) is 5.78 Å². The first-order valence-corrected chi connectivity index (χ1v) is 8.22. The molecule has 0 spiro atoms. The SMILES string of the molecule is C.CC1CCCC(C#N)C1.CCC(=O)/C=C/c1cccc(C)c1. The minimum Gasteiger partial charge on any atom is -0.295 e. The molecular weight excluding hydrogens is 282 g/mol. The van der Waals surface area contributed by atoms with E-state index in [1.807, 2.05) is 38.1 Å². The number of ketones is 1. The van der Waals surface area contributed by atoms with Crippen molar-refractivity contribution in [2.45, 2.75) is 60.3 Å². The normalized spacial score (nSPS) is 19.9. The molecule has 0 saturated heterocycles. The number of nitriles is 1. The van der Waals surface area contributed by atoms with E-state index in [1.165, 1.54) is 18.4 Å². The van der Waals surface area contributed by atoms with E-state index in [9.17, 15) is 4.79 Å². The molecule has 0 aromatic heterocycles. The number of carbonyl (C=O) groups is 1. The molecule has 2 heteroatoms. The van der Waals surface area contributed by atoms with Gasteiger partial charge in [0.1, 0.15) is 0 Å². The van der Waals surface area contributed by atoms with Crippen LogP contribution in [-0.2, 0) is 4.79 Å². The third-order valence-electron chi connectivity index (χ3n) is 3.97. The first-order chi connectivity index (χ1) is 10.5. The fraction of sp³-hybridized carbons (Fsp3) is 0.524. The Hall–Kier alpha value is -1.88. The van der Waals surface area contributed by atoms with Gasteiger partial charge in [-0.3, -0.25) is 4.79 Å². The van der Waals surface area contributed by atoms with Gasteiger partial charge in [-0.25, -0.2) is 0 Å². The number of rotatable bonds is 3. The van der Waals surface area contributed by atoms with E-state index in [2.05, 4.69) is 19.1 Å². The summed E-state index contributed by atoms with van der Waals surface area (Å²) in [4.78, 5) is 11.0. The Balaban J connectivity index is 0.000000427. The summed E-state index contributed by atoms with van der Waals surface area (Å²) in [5.74, 6) is 1.33. The first-order valence-electron chi connectivity index (χ1n) is 8.22. The quantitative estimate of drug-likeness (QED) is 0.646. The van der Waals surface area contributed by atoms with Gasteiger partial charge in [-0.2, -0.15) is 5.26 Å². The Morgan fingerprint density at radius 3 is 2.65 bits per heavy atom. The van der Waals surface area contributed by atoms with Crippen molar-refractivity contribution in [3.63, 3.8) is 0 Å². The Kier molecular flexibility index (Phi) is 10.7. The molecule has 2 atom stereocenters. The van der Waals surface area contributed by atoms with Crippen molar-refractivity contribution in [2.24, 2.45) is 11.8 Å². The van der Waals surface area contributed by atoms with Gasteiger partial charge in [0.15, 0.2) is 5.78 Å². The molecule has 0 radical (unpaired) electrons. The number of hydrogen-bond acceptors (Lipinski definition) is 2. The molecule has 0 aliphatic heterocycles. The number of benzene rings is 1. The van der Waals surface area contributed by atoms with E-state index in [0.717, 1.165) is 24.3 Å². The number of hydrogen-bond donors (Lipinski definition) is 0. The Morgan fingerprint density at radius 1 is 1.39 bits per heavy atom. The zero-order chi connectivity index (χ0) is 16.4. The Morgan fingerprint density at radius 2 is 2.13 bits per heavy atom. The number of aryl methyl sites for hydroxylation is 1. The van der Waals surface area contributed by atoms with E-state index in [1.54, 1.807) is 6.08 Å². The van der Waals surface area contributed by atoms with Gasteiger partial charge in [-0.1, -0.05) is 70.0 Å². The maximum Gasteiger partial charge on any atom is 0.155 e. The number of allylic oxidation sites excluding steroid dienone is 1. The maximum atomic E-state index is 11.0. The van der Waals surface area contributed by atoms with Crippen LogP contribution in [0.25, 0.3) is 6.08 Å². The van der Waals surface area contributed by atoms with Crippen LogP contribution in [0.15, 0.2) is 30.3 Å². The second-order valence-electron chi connectivity index (χ2n) is 6.17. The second-order valence-corrected chi connectivity index (χ2v) is 6.17. The topological polar surface area (TPSA) is 40.9 Å². The maximum absolute atomic E-state index is 11.0. The Labute approximate surface area is 142 Å². The largest absolute Gasteiger partial charge is 0.295 e. The highest BCUT2D eigenvalue weighted by atomic mass is 16.1. The average molecular weight is 313 g/mol. The summed E-state index contributed by atoms with van der Waals surface area (Å²) in [6.45, 7) is 6.14. The van der Waals surface area contributed by atoms with Crippen LogP contribution in [0.3, 0.4) is 0 Å². The van der Waals surface area contributed by atoms with E-state index >= 15 is 0 Å². The van der Waals surface area contributed by atoms with Crippen molar-refractivity contribution in [1.82, 2.24) is 0 Å². The molecule has 2 unspecified atom stereocenters. The first kappa shape index (κ1) is 21.1. The van der Waals surface area contributed by atoms with Gasteiger partial charge in [-0.15, -0.1) is 0 Å². The highest BCUT2D eigenvalue weighted by Gasteiger charge is 2.17. The van der Waals surface area contributed by atoms with Crippen LogP contribution in [0, 0.1) is 30.1 Å². The van der Waals surface area contributed by atoms with Crippen LogP contribution in [0.5, 0.6) is 0 Å². The summed E-state index contributed by atoms with van der Waals surface area (Å²) in [5, 5.41) is 8.56. The number of nitrogens with zero attached hydrogens (tertiary/aromatic N) is 1. The average Bonchev–Trinajstić information content (AvgIpc) is 2.53. The molecule has 0 bridgehead atoms. The van der Waals surface area contributed by atoms with E-state index < -0.39 is 0 Å². The highest BCUT2D eigenvalue weighted by Crippen LogP contribution is 2.27. The second kappa shape index (κ2) is 11.7. The third kappa shape index (κ3) is 8.98. The molecule has 1 aromatic carbocycles. The minimum atomic E-state index is 0. The van der Waals surface area contributed by atoms with Crippen molar-refractivity contribution in [3.05, 3.63) is 41.5 Å². The van der Waals surface area contributed by atoms with Crippen LogP contribution < -0.4 is 0 Å². The van der Waals surface area contributed by atoms with Crippen LogP contribution >= 0.6 is 0 Å². The van der Waals surface area contributed by atoms with Gasteiger partial charge in [0.05, 0.1) is 6.07 Å². The van der Waals surface area contributed by atoms with E-state index in [0.29, 0.717) is 12.3 Å².